The Morgan fingerprint density at radius 2 is 1.79 bits per heavy atom. The second-order valence-electron chi connectivity index (χ2n) is 5.03. The van der Waals surface area contributed by atoms with Crippen LogP contribution in [0.4, 0.5) is 0 Å². The summed E-state index contributed by atoms with van der Waals surface area (Å²) in [5.41, 5.74) is 7.63. The van der Waals surface area contributed by atoms with Gasteiger partial charge in [-0.3, -0.25) is 0 Å². The van der Waals surface area contributed by atoms with Crippen molar-refractivity contribution in [3.05, 3.63) is 35.4 Å². The van der Waals surface area contributed by atoms with Crippen LogP contribution in [0.1, 0.15) is 42.7 Å². The van der Waals surface area contributed by atoms with E-state index in [1.54, 1.807) is 0 Å². The van der Waals surface area contributed by atoms with E-state index in [1.165, 1.54) is 31.2 Å². The van der Waals surface area contributed by atoms with Gasteiger partial charge in [-0.25, -0.2) is 0 Å². The molecule has 1 fully saturated rings. The second-order valence-corrected chi connectivity index (χ2v) is 5.03. The van der Waals surface area contributed by atoms with E-state index in [2.05, 4.69) is 23.5 Å². The number of hydrogen-bond donors (Lipinski definition) is 2. The average Bonchev–Trinajstić information content (AvgIpc) is 2.46. The number of benzene rings is 1. The monoisotopic (exact) mass is 279 g/mol. The third-order valence-corrected chi connectivity index (χ3v) is 3.82. The third kappa shape index (κ3) is 4.50. The molecule has 2 rings (SSSR count). The Balaban J connectivity index is 0.00000180. The maximum atomic E-state index is 8.79. The van der Waals surface area contributed by atoms with E-state index < -0.39 is 0 Å². The zero-order chi connectivity index (χ0) is 12.8. The van der Waals surface area contributed by atoms with Crippen molar-refractivity contribution in [1.29, 1.82) is 5.26 Å². The van der Waals surface area contributed by atoms with Crippen LogP contribution in [0.25, 0.3) is 0 Å². The number of nitrogens with two attached hydrogens (primary N) is 1. The SMILES string of the molecule is Cl.N#Cc1ccc(C2CCC(NCCN)CC2)cc1. The minimum Gasteiger partial charge on any atom is -0.329 e. The number of rotatable bonds is 4. The molecule has 1 aromatic rings. The normalized spacial score (nSPS) is 22.3. The highest BCUT2D eigenvalue weighted by Gasteiger charge is 2.21. The molecule has 0 radical (unpaired) electrons. The summed E-state index contributed by atoms with van der Waals surface area (Å²) in [4.78, 5) is 0. The van der Waals surface area contributed by atoms with E-state index in [4.69, 9.17) is 11.0 Å². The van der Waals surface area contributed by atoms with Gasteiger partial charge < -0.3 is 11.1 Å². The maximum Gasteiger partial charge on any atom is 0.0991 e. The maximum absolute atomic E-state index is 8.79. The molecule has 0 spiro atoms. The third-order valence-electron chi connectivity index (χ3n) is 3.82. The molecule has 1 aromatic carbocycles. The molecule has 104 valence electrons. The smallest absolute Gasteiger partial charge is 0.0991 e. The fourth-order valence-electron chi connectivity index (χ4n) is 2.75. The summed E-state index contributed by atoms with van der Waals surface area (Å²) in [5.74, 6) is 0.661. The number of nitrogens with one attached hydrogen (secondary N) is 1. The first kappa shape index (κ1) is 16.0. The Hall–Kier alpha value is -1.08. The zero-order valence-electron chi connectivity index (χ0n) is 11.1. The lowest BCUT2D eigenvalue weighted by molar-refractivity contribution is 0.345. The quantitative estimate of drug-likeness (QED) is 0.890. The van der Waals surface area contributed by atoms with Crippen LogP contribution in [-0.2, 0) is 0 Å². The highest BCUT2D eigenvalue weighted by Crippen LogP contribution is 2.32. The summed E-state index contributed by atoms with van der Waals surface area (Å²) in [5, 5.41) is 12.3. The molecular weight excluding hydrogens is 258 g/mol. The molecule has 0 bridgehead atoms. The van der Waals surface area contributed by atoms with E-state index in [9.17, 15) is 0 Å². The highest BCUT2D eigenvalue weighted by atomic mass is 35.5. The highest BCUT2D eigenvalue weighted by molar-refractivity contribution is 5.85. The molecule has 1 aliphatic rings. The standard InChI is InChI=1S/C15H21N3.ClH/c16-9-10-18-15-7-5-14(6-8-15)13-3-1-12(11-17)2-4-13;/h1-4,14-15,18H,5-10,16H2;1H. The molecule has 0 unspecified atom stereocenters. The molecule has 0 atom stereocenters. The van der Waals surface area contributed by atoms with Crippen LogP contribution in [0.2, 0.25) is 0 Å². The number of halogens is 1. The fourth-order valence-corrected chi connectivity index (χ4v) is 2.75. The predicted molar refractivity (Wildman–Crippen MR) is 80.5 cm³/mol. The van der Waals surface area contributed by atoms with Crippen molar-refractivity contribution in [3.63, 3.8) is 0 Å². The van der Waals surface area contributed by atoms with E-state index >= 15 is 0 Å². The largest absolute Gasteiger partial charge is 0.329 e. The topological polar surface area (TPSA) is 61.8 Å². The van der Waals surface area contributed by atoms with Gasteiger partial charge in [0.25, 0.3) is 0 Å². The van der Waals surface area contributed by atoms with Gasteiger partial charge in [0.2, 0.25) is 0 Å². The van der Waals surface area contributed by atoms with E-state index in [0.717, 1.165) is 18.7 Å². The van der Waals surface area contributed by atoms with Crippen molar-refractivity contribution in [2.45, 2.75) is 37.6 Å². The van der Waals surface area contributed by atoms with Crippen LogP contribution in [0.5, 0.6) is 0 Å². The molecule has 3 N–H and O–H groups in total. The first-order chi connectivity index (χ1) is 8.83. The molecule has 1 aliphatic carbocycles. The van der Waals surface area contributed by atoms with Crippen LogP contribution in [-0.4, -0.2) is 19.1 Å². The summed E-state index contributed by atoms with van der Waals surface area (Å²) in [6.45, 7) is 1.64. The van der Waals surface area contributed by atoms with Crippen LogP contribution >= 0.6 is 12.4 Å². The first-order valence-electron chi connectivity index (χ1n) is 6.77. The average molecular weight is 280 g/mol. The summed E-state index contributed by atoms with van der Waals surface area (Å²) in [6, 6.07) is 10.9. The van der Waals surface area contributed by atoms with Crippen LogP contribution in [0, 0.1) is 11.3 Å². The second kappa shape index (κ2) is 8.16. The van der Waals surface area contributed by atoms with Gasteiger partial charge in [0.1, 0.15) is 0 Å². The lowest BCUT2D eigenvalue weighted by Crippen LogP contribution is -2.35. The van der Waals surface area contributed by atoms with Crippen molar-refractivity contribution in [3.8, 4) is 6.07 Å². The van der Waals surface area contributed by atoms with Gasteiger partial charge in [-0.1, -0.05) is 12.1 Å². The summed E-state index contributed by atoms with van der Waals surface area (Å²) < 4.78 is 0. The predicted octanol–water partition coefficient (Wildman–Crippen LogP) is 2.55. The van der Waals surface area contributed by atoms with Crippen molar-refractivity contribution < 1.29 is 0 Å². The Labute approximate surface area is 121 Å². The summed E-state index contributed by atoms with van der Waals surface area (Å²) in [7, 11) is 0. The molecule has 1 saturated carbocycles. The number of nitrogens with zero attached hydrogens (tertiary/aromatic N) is 1. The zero-order valence-corrected chi connectivity index (χ0v) is 12.0. The van der Waals surface area contributed by atoms with E-state index in [-0.39, 0.29) is 12.4 Å². The van der Waals surface area contributed by atoms with Gasteiger partial charge >= 0.3 is 0 Å². The van der Waals surface area contributed by atoms with Crippen LogP contribution < -0.4 is 11.1 Å². The minimum absolute atomic E-state index is 0. The lowest BCUT2D eigenvalue weighted by atomic mass is 9.81. The molecule has 0 amide bonds. The van der Waals surface area contributed by atoms with Crippen LogP contribution in [0.3, 0.4) is 0 Å². The summed E-state index contributed by atoms with van der Waals surface area (Å²) >= 11 is 0. The van der Waals surface area contributed by atoms with Crippen molar-refractivity contribution in [2.24, 2.45) is 5.73 Å². The van der Waals surface area contributed by atoms with Gasteiger partial charge in [0.05, 0.1) is 11.6 Å². The Bertz CT molecular complexity index is 402. The van der Waals surface area contributed by atoms with Gasteiger partial charge in [-0.05, 0) is 49.3 Å². The van der Waals surface area contributed by atoms with Crippen molar-refractivity contribution >= 4 is 12.4 Å². The molecule has 3 nitrogen and oxygen atoms in total. The lowest BCUT2D eigenvalue weighted by Gasteiger charge is -2.29. The van der Waals surface area contributed by atoms with E-state index in [1.807, 2.05) is 12.1 Å². The van der Waals surface area contributed by atoms with Gasteiger partial charge in [0, 0.05) is 19.1 Å². The number of hydrogen-bond acceptors (Lipinski definition) is 3. The van der Waals surface area contributed by atoms with Gasteiger partial charge in [-0.2, -0.15) is 5.26 Å². The minimum atomic E-state index is 0. The van der Waals surface area contributed by atoms with Gasteiger partial charge in [-0.15, -0.1) is 12.4 Å². The fraction of sp³-hybridized carbons (Fsp3) is 0.533. The molecule has 0 saturated heterocycles. The molecule has 0 aromatic heterocycles. The van der Waals surface area contributed by atoms with Crippen molar-refractivity contribution in [2.75, 3.05) is 13.1 Å². The molecule has 0 aliphatic heterocycles. The Kier molecular flexibility index (Phi) is 6.86. The van der Waals surface area contributed by atoms with Gasteiger partial charge in [0.15, 0.2) is 0 Å². The molecule has 4 heteroatoms. The van der Waals surface area contributed by atoms with Crippen molar-refractivity contribution in [1.82, 2.24) is 5.32 Å². The molecular formula is C15H22ClN3. The summed E-state index contributed by atoms with van der Waals surface area (Å²) in [6.07, 6.45) is 4.91. The number of nitriles is 1. The molecule has 0 heterocycles. The Morgan fingerprint density at radius 3 is 2.32 bits per heavy atom. The Morgan fingerprint density at radius 1 is 1.16 bits per heavy atom. The van der Waals surface area contributed by atoms with E-state index in [0.29, 0.717) is 12.0 Å². The first-order valence-corrected chi connectivity index (χ1v) is 6.77. The molecule has 19 heavy (non-hydrogen) atoms. The van der Waals surface area contributed by atoms with Crippen LogP contribution in [0.15, 0.2) is 24.3 Å².